The first-order valence-electron chi connectivity index (χ1n) is 29.5. The maximum Gasteiger partial charge on any atom is 0.384 e. The largest absolute Gasteiger partial charge is 0.506 e. The van der Waals surface area contributed by atoms with Crippen LogP contribution in [0.1, 0.15) is 54.5 Å². The van der Waals surface area contributed by atoms with Gasteiger partial charge < -0.3 is 74.6 Å². The lowest BCUT2D eigenvalue weighted by molar-refractivity contribution is -0.384. The van der Waals surface area contributed by atoms with E-state index in [9.17, 15) is 59.1 Å². The third-order valence-electron chi connectivity index (χ3n) is 11.1. The molecule has 116 heavy (non-hydrogen) atoms. The number of phenolic OH excluding ortho intramolecular Hbond substituents is 2. The molecular formula is C79H82B2Cl5N7O23. The number of aromatic amines is 1. The third-order valence-corrected chi connectivity index (χ3v) is 13.1. The van der Waals surface area contributed by atoms with E-state index < -0.39 is 44.6 Å². The second kappa shape index (κ2) is 72.2. The van der Waals surface area contributed by atoms with Gasteiger partial charge in [0.2, 0.25) is 0 Å². The van der Waals surface area contributed by atoms with Crippen LogP contribution in [0.5, 0.6) is 34.5 Å². The molecule has 6 radical (unpaired) electrons. The number of nitro groups is 3. The number of nitrogens with one attached hydrogen (secondary N) is 2. The van der Waals surface area contributed by atoms with E-state index in [4.69, 9.17) is 118 Å². The van der Waals surface area contributed by atoms with Gasteiger partial charge >= 0.3 is 29.8 Å². The average Bonchev–Trinajstić information content (AvgIpc) is 0.783. The van der Waals surface area contributed by atoms with Gasteiger partial charge in [-0.1, -0.05) is 109 Å². The maximum atomic E-state index is 11.8. The zero-order valence-electron chi connectivity index (χ0n) is 62.9. The van der Waals surface area contributed by atoms with E-state index in [-0.39, 0.29) is 104 Å². The minimum atomic E-state index is -0.759. The van der Waals surface area contributed by atoms with Crippen LogP contribution >= 0.6 is 58.0 Å². The maximum absolute atomic E-state index is 11.8. The molecule has 0 spiro atoms. The van der Waals surface area contributed by atoms with E-state index in [1.807, 2.05) is 25.7 Å². The van der Waals surface area contributed by atoms with Gasteiger partial charge in [0.05, 0.1) is 102 Å². The molecule has 0 aliphatic carbocycles. The van der Waals surface area contributed by atoms with Gasteiger partial charge in [-0.3, -0.25) is 35.1 Å². The number of anilines is 3. The molecule has 0 fully saturated rings. The van der Waals surface area contributed by atoms with E-state index >= 15 is 0 Å². The van der Waals surface area contributed by atoms with Gasteiger partial charge in [0.15, 0.2) is 21.2 Å². The van der Waals surface area contributed by atoms with E-state index in [1.54, 1.807) is 75.6 Å². The number of aromatic hydroxyl groups is 2. The summed E-state index contributed by atoms with van der Waals surface area (Å²) in [5, 5.41) is 52.5. The summed E-state index contributed by atoms with van der Waals surface area (Å²) in [6, 6.07) is 26.8. The highest BCUT2D eigenvalue weighted by molar-refractivity contribution is 6.37. The number of terminal acetylenes is 5. The molecule has 0 aliphatic heterocycles. The first kappa shape index (κ1) is 120. The van der Waals surface area contributed by atoms with Crippen LogP contribution in [0.4, 0.5) is 34.1 Å². The number of nitro benzene ring substituents is 3. The Labute approximate surface area is 703 Å². The van der Waals surface area contributed by atoms with Gasteiger partial charge in [0.1, 0.15) is 61.0 Å². The van der Waals surface area contributed by atoms with Crippen molar-refractivity contribution < 1.29 is 93.0 Å². The molecular weight excluding hydrogens is 1610 g/mol. The van der Waals surface area contributed by atoms with Crippen molar-refractivity contribution in [2.45, 2.75) is 42.5 Å². The van der Waals surface area contributed by atoms with Crippen molar-refractivity contribution in [3.05, 3.63) is 192 Å². The number of nitrogens with two attached hydrogens (primary N) is 2. The number of phenols is 2. The predicted molar refractivity (Wildman–Crippen MR) is 457 cm³/mol. The van der Waals surface area contributed by atoms with Crippen molar-refractivity contribution in [2.24, 2.45) is 0 Å². The topological polar surface area (TPSA) is 435 Å². The van der Waals surface area contributed by atoms with Gasteiger partial charge in [-0.2, -0.15) is 0 Å². The number of halogens is 5. The van der Waals surface area contributed by atoms with Crippen LogP contribution in [-0.2, 0) is 42.9 Å². The molecule has 8 N–H and O–H groups in total. The smallest absolute Gasteiger partial charge is 0.384 e. The number of rotatable bonds is 12. The normalized spacial score (nSPS) is 8.16. The summed E-state index contributed by atoms with van der Waals surface area (Å²) in [7, 11) is 11.9. The number of para-hydroxylation sites is 1. The van der Waals surface area contributed by atoms with E-state index in [0.717, 1.165) is 6.08 Å². The number of H-pyrrole nitrogens is 1. The average molecular weight is 1700 g/mol. The second-order valence-corrected chi connectivity index (χ2v) is 19.8. The lowest BCUT2D eigenvalue weighted by Crippen LogP contribution is -2.15. The molecule has 612 valence electrons. The Bertz CT molecular complexity index is 4810. The molecule has 0 saturated carbocycles. The highest BCUT2D eigenvalue weighted by Crippen LogP contribution is 2.36. The molecule has 1 heterocycles. The van der Waals surface area contributed by atoms with Gasteiger partial charge in [0, 0.05) is 59.7 Å². The molecule has 0 aliphatic rings. The van der Waals surface area contributed by atoms with Crippen molar-refractivity contribution >= 4 is 150 Å². The number of fused-ring (bicyclic) bond motifs is 1. The Kier molecular flexibility index (Phi) is 74.7. The number of hydrogen-bond donors (Lipinski definition) is 6. The minimum Gasteiger partial charge on any atom is -0.506 e. The monoisotopic (exact) mass is 1690 g/mol. The Hall–Kier alpha value is -14.4. The van der Waals surface area contributed by atoms with Crippen molar-refractivity contribution in [1.29, 1.82) is 0 Å². The van der Waals surface area contributed by atoms with Crippen LogP contribution in [-0.4, -0.2) is 141 Å². The van der Waals surface area contributed by atoms with Crippen LogP contribution in [0.2, 0.25) is 25.1 Å². The van der Waals surface area contributed by atoms with Crippen LogP contribution in [0.25, 0.3) is 10.9 Å². The fourth-order valence-electron chi connectivity index (χ4n) is 6.17. The highest BCUT2D eigenvalue weighted by atomic mass is 35.5. The zero-order valence-corrected chi connectivity index (χ0v) is 66.7. The summed E-state index contributed by atoms with van der Waals surface area (Å²) < 4.78 is 41.7. The SMILES string of the molecule is C.C.C#C.C#CC.C#CC#CC.C#CC#CC#C.CC#CC.COC(=O)/C=C(/Nc1cccc(OC)c1Cl)C(=O)OC.COC(=O)C#CC(=O)OC.COC(=O)c1cc(=O)c2ccc(OC)c(Cl)c2[nH]1.COc1cccc(N)c1Cl.COc1cccc([N+](=O)[O-])c1Cl.Nc1c(O)cccc1[N+](=O)[O-].O=[N+]([O-])c1cccc(O)c1Cl.[2HH].[B].[B]. The molecule has 0 saturated heterocycles. The summed E-state index contributed by atoms with van der Waals surface area (Å²) in [6.07, 6.45) is 27.7. The molecule has 30 nitrogen and oxygen atoms in total. The predicted octanol–water partition coefficient (Wildman–Crippen LogP) is 13.9. The molecule has 0 bridgehead atoms. The Balaban J connectivity index is -0.000000138. The fourth-order valence-corrected chi connectivity index (χ4v) is 7.38. The fraction of sp³-hybridized carbons (Fsp3) is 0.190. The lowest BCUT2D eigenvalue weighted by Gasteiger charge is -2.12. The Morgan fingerprint density at radius 1 is 0.517 bits per heavy atom. The van der Waals surface area contributed by atoms with E-state index in [0.29, 0.717) is 50.3 Å². The molecule has 37 heteroatoms. The summed E-state index contributed by atoms with van der Waals surface area (Å²) in [6.45, 7) is 7.00. The number of hydrogen-bond acceptors (Lipinski definition) is 26. The number of nitrogen functional groups attached to an aromatic ring is 2. The summed E-state index contributed by atoms with van der Waals surface area (Å²) in [4.78, 5) is 98.2. The number of nitrogens with zero attached hydrogens (tertiary/aromatic N) is 3. The van der Waals surface area contributed by atoms with Crippen molar-refractivity contribution in [3.8, 4) is 144 Å². The first-order chi connectivity index (χ1) is 53.1. The number of aromatic nitrogens is 1. The molecule has 0 unspecified atom stereocenters. The van der Waals surface area contributed by atoms with Crippen molar-refractivity contribution in [1.82, 2.24) is 4.98 Å². The number of methoxy groups -OCH3 is 9. The quantitative estimate of drug-likeness (QED) is 0.00632. The minimum absolute atomic E-state index is 0. The molecule has 1 aromatic heterocycles. The number of esters is 5. The van der Waals surface area contributed by atoms with Crippen molar-refractivity contribution in [3.63, 3.8) is 0 Å². The third kappa shape index (κ3) is 48.3. The van der Waals surface area contributed by atoms with Gasteiger partial charge in [-0.15, -0.1) is 56.3 Å². The standard InChI is InChI=1S/C13H14ClNO5.C12H10ClNO4.C7H6ClNO3.C7H8ClNO.C6H4ClNO3.C6H6N2O3.C6H6O4.C6H2.C5H4.C4H6.C3H4.C2H2.2CH4.2B.H2/c1-18-10-6-4-5-8(12(10)14)15-9(13(17)20-3)7-11(16)19-2;1-17-9-4-3-6-8(15)5-7(12(16)18-2)14-11(6)10(9)13;1-12-6-4-2-3-5(7(6)8)9(10)11;1-10-6-4-2-3-5(9)7(6)8;2*7-6-4(8(10)11)2-1-3-5(6)9;1-9-5(7)3-4-6(8)10-2;1-3-5-6-4-2;1-3-5-4-2;1-3-4-2;1-3-2;1-2;;;;;/h4-7,15H,1-3H3;3-5H,1-2H3,(H,14,15);2-4H,1H3;2-4H,9H2,1H3;1-3,9H;1-3,9H,7H2;1-2H3;1-2H;1H,2H3;1-2H3;1H,2H3;1-2H;2*1H4;;;1H/b9-7+;;;;;;;;;;;;;;;;/i;;;;;;;;;;;;;;;;1+1. The molecule has 7 rings (SSSR count). The Morgan fingerprint density at radius 2 is 0.914 bits per heavy atom. The van der Waals surface area contributed by atoms with E-state index in [1.165, 1.54) is 111 Å². The number of benzene rings is 6. The van der Waals surface area contributed by atoms with Crippen LogP contribution in [0.3, 0.4) is 0 Å². The van der Waals surface area contributed by atoms with Crippen LogP contribution < -0.4 is 41.2 Å². The van der Waals surface area contributed by atoms with Gasteiger partial charge in [0.25, 0.3) is 17.1 Å². The summed E-state index contributed by atoms with van der Waals surface area (Å²) >= 11 is 29.0. The molecule has 7 aromatic rings. The summed E-state index contributed by atoms with van der Waals surface area (Å²) in [5.74, 6) is 24.7. The molecule has 0 atom stereocenters. The first-order valence-corrected chi connectivity index (χ1v) is 31.4. The molecule has 0 amide bonds. The van der Waals surface area contributed by atoms with Crippen LogP contribution in [0.15, 0.2) is 126 Å². The second-order valence-electron chi connectivity index (χ2n) is 17.9. The van der Waals surface area contributed by atoms with Gasteiger partial charge in [-0.05, 0) is 118 Å². The Morgan fingerprint density at radius 3 is 1.28 bits per heavy atom. The zero-order chi connectivity index (χ0) is 87.0. The van der Waals surface area contributed by atoms with Gasteiger partial charge in [-0.25, -0.2) is 24.0 Å². The number of pyridine rings is 1. The highest BCUT2D eigenvalue weighted by Gasteiger charge is 2.19. The number of ether oxygens (including phenoxy) is 9. The molecule has 6 aromatic carbocycles. The van der Waals surface area contributed by atoms with Crippen LogP contribution in [0, 0.1) is 140 Å². The summed E-state index contributed by atoms with van der Waals surface area (Å²) in [5.41, 5.74) is 10.7. The number of carbonyl (C=O) groups excluding carboxylic acids is 5. The number of carbonyl (C=O) groups is 5. The van der Waals surface area contributed by atoms with Crippen molar-refractivity contribution in [2.75, 3.05) is 80.8 Å². The van der Waals surface area contributed by atoms with E-state index in [2.05, 4.69) is 112 Å². The lowest BCUT2D eigenvalue weighted by atomic mass is 10.2.